The number of benzene rings is 6. The molecule has 2 heteroatoms. The highest BCUT2D eigenvalue weighted by Crippen LogP contribution is 2.50. The summed E-state index contributed by atoms with van der Waals surface area (Å²) >= 11 is 0. The zero-order valence-electron chi connectivity index (χ0n) is 23.3. The van der Waals surface area contributed by atoms with E-state index < -0.39 is 0 Å². The van der Waals surface area contributed by atoms with Gasteiger partial charge in [0, 0.05) is 38.9 Å². The molecule has 0 saturated carbocycles. The molecule has 0 atom stereocenters. The summed E-state index contributed by atoms with van der Waals surface area (Å²) in [6.45, 7) is 4.67. The first-order valence-electron chi connectivity index (χ1n) is 14.3. The Kier molecular flexibility index (Phi) is 5.20. The third-order valence-electron chi connectivity index (χ3n) is 8.77. The Morgan fingerprint density at radius 1 is 0.463 bits per heavy atom. The van der Waals surface area contributed by atoms with E-state index in [4.69, 9.17) is 0 Å². The van der Waals surface area contributed by atoms with Gasteiger partial charge in [-0.15, -0.1) is 0 Å². The number of hydrogen-bond donors (Lipinski definition) is 0. The molecule has 0 aliphatic heterocycles. The highest BCUT2D eigenvalue weighted by Gasteiger charge is 2.35. The molecule has 196 valence electrons. The van der Waals surface area contributed by atoms with Crippen molar-refractivity contribution in [2.75, 3.05) is 4.90 Å². The van der Waals surface area contributed by atoms with Gasteiger partial charge in [0.2, 0.25) is 0 Å². The molecule has 1 aromatic heterocycles. The maximum absolute atomic E-state index is 2.39. The monoisotopic (exact) mass is 526 g/mol. The second-order valence-electron chi connectivity index (χ2n) is 11.5. The van der Waals surface area contributed by atoms with E-state index in [2.05, 4.69) is 169 Å². The molecule has 0 bridgehead atoms. The lowest BCUT2D eigenvalue weighted by molar-refractivity contribution is 0.660. The largest absolute Gasteiger partial charge is 0.310 e. The molecule has 0 radical (unpaired) electrons. The molecule has 0 unspecified atom stereocenters. The van der Waals surface area contributed by atoms with Gasteiger partial charge in [0.25, 0.3) is 0 Å². The van der Waals surface area contributed by atoms with Crippen molar-refractivity contribution in [3.8, 4) is 16.8 Å². The van der Waals surface area contributed by atoms with Gasteiger partial charge in [0.15, 0.2) is 0 Å². The molecule has 41 heavy (non-hydrogen) atoms. The van der Waals surface area contributed by atoms with Crippen LogP contribution in [-0.4, -0.2) is 4.57 Å². The molecule has 8 rings (SSSR count). The van der Waals surface area contributed by atoms with E-state index in [-0.39, 0.29) is 5.41 Å². The van der Waals surface area contributed by atoms with Crippen LogP contribution in [0, 0.1) is 0 Å². The van der Waals surface area contributed by atoms with E-state index in [1.54, 1.807) is 0 Å². The first-order chi connectivity index (χ1) is 20.1. The average molecular weight is 527 g/mol. The van der Waals surface area contributed by atoms with Crippen LogP contribution in [0.3, 0.4) is 0 Å². The third kappa shape index (κ3) is 3.57. The molecule has 7 aromatic rings. The fraction of sp³-hybridized carbons (Fsp3) is 0.0769. The van der Waals surface area contributed by atoms with E-state index >= 15 is 0 Å². The first-order valence-corrected chi connectivity index (χ1v) is 14.3. The summed E-state index contributed by atoms with van der Waals surface area (Å²) in [5.41, 5.74) is 12.4. The number of fused-ring (bicyclic) bond motifs is 6. The number of para-hydroxylation sites is 3. The molecular formula is C39H30N2. The third-order valence-corrected chi connectivity index (χ3v) is 8.77. The quantitative estimate of drug-likeness (QED) is 0.221. The van der Waals surface area contributed by atoms with Gasteiger partial charge in [-0.1, -0.05) is 105 Å². The topological polar surface area (TPSA) is 8.17 Å². The van der Waals surface area contributed by atoms with Crippen molar-refractivity contribution in [1.82, 2.24) is 4.57 Å². The summed E-state index contributed by atoms with van der Waals surface area (Å²) in [5, 5.41) is 2.52. The maximum atomic E-state index is 2.39. The Morgan fingerprint density at radius 2 is 1.07 bits per heavy atom. The number of hydrogen-bond acceptors (Lipinski definition) is 1. The molecular weight excluding hydrogens is 496 g/mol. The molecule has 0 fully saturated rings. The second kappa shape index (κ2) is 8.97. The lowest BCUT2D eigenvalue weighted by atomic mass is 9.82. The second-order valence-corrected chi connectivity index (χ2v) is 11.5. The molecule has 1 aliphatic rings. The molecule has 0 spiro atoms. The average Bonchev–Trinajstić information content (AvgIpc) is 3.47. The standard InChI is InChI=1S/C39H30N2/c1-39(2)35-19-11-9-17-31(35)34-25-29(22-24-36(34)39)40(27-13-5-3-6-14-27)30-21-23-33-32-18-10-12-20-37(32)41(38(33)26-30)28-15-7-4-8-16-28/h3-26H,1-2H3. The van der Waals surface area contributed by atoms with Crippen molar-refractivity contribution in [2.24, 2.45) is 0 Å². The Labute approximate surface area is 240 Å². The van der Waals surface area contributed by atoms with Crippen molar-refractivity contribution in [2.45, 2.75) is 19.3 Å². The van der Waals surface area contributed by atoms with Crippen LogP contribution in [0.5, 0.6) is 0 Å². The normalized spacial score (nSPS) is 13.3. The van der Waals surface area contributed by atoms with Gasteiger partial charge in [0.05, 0.1) is 11.0 Å². The Bertz CT molecular complexity index is 2070. The van der Waals surface area contributed by atoms with Crippen LogP contribution in [0.2, 0.25) is 0 Å². The van der Waals surface area contributed by atoms with Crippen LogP contribution in [0.4, 0.5) is 17.1 Å². The van der Waals surface area contributed by atoms with Crippen LogP contribution < -0.4 is 4.90 Å². The SMILES string of the molecule is CC1(C)c2ccccc2-c2cc(N(c3ccccc3)c3ccc4c5ccccc5n(-c5ccccc5)c4c3)ccc21. The van der Waals surface area contributed by atoms with Gasteiger partial charge < -0.3 is 9.47 Å². The minimum Gasteiger partial charge on any atom is -0.310 e. The van der Waals surface area contributed by atoms with Crippen LogP contribution >= 0.6 is 0 Å². The fourth-order valence-corrected chi connectivity index (χ4v) is 6.82. The highest BCUT2D eigenvalue weighted by atomic mass is 15.1. The number of rotatable bonds is 4. The summed E-state index contributed by atoms with van der Waals surface area (Å²) in [4.78, 5) is 2.39. The Hall–Kier alpha value is -5.08. The van der Waals surface area contributed by atoms with Gasteiger partial charge >= 0.3 is 0 Å². The van der Waals surface area contributed by atoms with Gasteiger partial charge in [-0.3, -0.25) is 0 Å². The van der Waals surface area contributed by atoms with Crippen molar-refractivity contribution in [1.29, 1.82) is 0 Å². The summed E-state index contributed by atoms with van der Waals surface area (Å²) in [7, 11) is 0. The predicted octanol–water partition coefficient (Wildman–Crippen LogP) is 10.6. The van der Waals surface area contributed by atoms with Crippen molar-refractivity contribution >= 4 is 38.9 Å². The smallest absolute Gasteiger partial charge is 0.0561 e. The van der Waals surface area contributed by atoms with Crippen LogP contribution in [0.15, 0.2) is 146 Å². The minimum atomic E-state index is -0.0163. The van der Waals surface area contributed by atoms with Crippen LogP contribution in [0.25, 0.3) is 38.6 Å². The Morgan fingerprint density at radius 3 is 1.90 bits per heavy atom. The molecule has 1 heterocycles. The number of nitrogens with zero attached hydrogens (tertiary/aromatic N) is 2. The van der Waals surface area contributed by atoms with Gasteiger partial charge in [0.1, 0.15) is 0 Å². The molecule has 6 aromatic carbocycles. The fourth-order valence-electron chi connectivity index (χ4n) is 6.82. The summed E-state index contributed by atoms with van der Waals surface area (Å²) in [6.07, 6.45) is 0. The lowest BCUT2D eigenvalue weighted by Gasteiger charge is -2.27. The van der Waals surface area contributed by atoms with Gasteiger partial charge in [-0.25, -0.2) is 0 Å². The van der Waals surface area contributed by atoms with Crippen molar-refractivity contribution < 1.29 is 0 Å². The first kappa shape index (κ1) is 23.8. The number of anilines is 3. The summed E-state index contributed by atoms with van der Waals surface area (Å²) in [5.74, 6) is 0. The predicted molar refractivity (Wildman–Crippen MR) is 173 cm³/mol. The zero-order chi connectivity index (χ0) is 27.6. The molecule has 0 amide bonds. The minimum absolute atomic E-state index is 0.0163. The van der Waals surface area contributed by atoms with Crippen LogP contribution in [-0.2, 0) is 5.41 Å². The highest BCUT2D eigenvalue weighted by molar-refractivity contribution is 6.10. The Balaban J connectivity index is 1.38. The van der Waals surface area contributed by atoms with Crippen LogP contribution in [0.1, 0.15) is 25.0 Å². The number of aromatic nitrogens is 1. The van der Waals surface area contributed by atoms with E-state index in [1.807, 2.05) is 0 Å². The zero-order valence-corrected chi connectivity index (χ0v) is 23.3. The molecule has 1 aliphatic carbocycles. The van der Waals surface area contributed by atoms with E-state index in [1.165, 1.54) is 49.7 Å². The van der Waals surface area contributed by atoms with E-state index in [0.29, 0.717) is 0 Å². The summed E-state index contributed by atoms with van der Waals surface area (Å²) in [6, 6.07) is 52.9. The van der Waals surface area contributed by atoms with Gasteiger partial charge in [-0.05, 0) is 76.9 Å². The maximum Gasteiger partial charge on any atom is 0.0561 e. The van der Waals surface area contributed by atoms with Crippen molar-refractivity contribution in [3.63, 3.8) is 0 Å². The molecule has 0 saturated heterocycles. The van der Waals surface area contributed by atoms with Gasteiger partial charge in [-0.2, -0.15) is 0 Å². The van der Waals surface area contributed by atoms with E-state index in [9.17, 15) is 0 Å². The summed E-state index contributed by atoms with van der Waals surface area (Å²) < 4.78 is 2.39. The van der Waals surface area contributed by atoms with E-state index in [0.717, 1.165) is 17.1 Å². The molecule has 2 nitrogen and oxygen atoms in total. The molecule has 0 N–H and O–H groups in total. The lowest BCUT2D eigenvalue weighted by Crippen LogP contribution is -2.15. The van der Waals surface area contributed by atoms with Crippen molar-refractivity contribution in [3.05, 3.63) is 157 Å².